The van der Waals surface area contributed by atoms with Gasteiger partial charge < -0.3 is 20.6 Å². The SMILES string of the molecule is CC(CN)C(=O)N(CCO)C1CCN(C)CC1. The van der Waals surface area contributed by atoms with Gasteiger partial charge in [-0.15, -0.1) is 0 Å². The number of nitrogens with zero attached hydrogens (tertiary/aromatic N) is 2. The molecule has 1 rings (SSSR count). The summed E-state index contributed by atoms with van der Waals surface area (Å²) in [4.78, 5) is 16.3. The third-order valence-corrected chi connectivity index (χ3v) is 3.53. The summed E-state index contributed by atoms with van der Waals surface area (Å²) in [7, 11) is 2.09. The lowest BCUT2D eigenvalue weighted by atomic mass is 10.0. The standard InChI is InChI=1S/C12H25N3O2/c1-10(9-13)12(17)15(7-8-16)11-3-5-14(2)6-4-11/h10-11,16H,3-9,13H2,1-2H3. The molecular weight excluding hydrogens is 218 g/mol. The van der Waals surface area contributed by atoms with Gasteiger partial charge in [-0.25, -0.2) is 0 Å². The van der Waals surface area contributed by atoms with Crippen molar-refractivity contribution in [3.05, 3.63) is 0 Å². The number of piperidine rings is 1. The van der Waals surface area contributed by atoms with Crippen molar-refractivity contribution in [3.8, 4) is 0 Å². The van der Waals surface area contributed by atoms with Gasteiger partial charge in [-0.05, 0) is 33.0 Å². The Hall–Kier alpha value is -0.650. The minimum atomic E-state index is -0.152. The van der Waals surface area contributed by atoms with Gasteiger partial charge in [-0.1, -0.05) is 6.92 Å². The van der Waals surface area contributed by atoms with Crippen LogP contribution in [0.25, 0.3) is 0 Å². The molecule has 0 saturated carbocycles. The second kappa shape index (κ2) is 6.93. The quantitative estimate of drug-likeness (QED) is 0.683. The zero-order chi connectivity index (χ0) is 12.8. The van der Waals surface area contributed by atoms with Crippen LogP contribution in [0.15, 0.2) is 0 Å². The van der Waals surface area contributed by atoms with E-state index in [0.29, 0.717) is 13.1 Å². The maximum Gasteiger partial charge on any atom is 0.227 e. The van der Waals surface area contributed by atoms with E-state index in [1.165, 1.54) is 0 Å². The number of carbonyl (C=O) groups excluding carboxylic acids is 1. The molecule has 0 aliphatic carbocycles. The zero-order valence-electron chi connectivity index (χ0n) is 10.9. The summed E-state index contributed by atoms with van der Waals surface area (Å²) in [6.45, 7) is 4.69. The summed E-state index contributed by atoms with van der Waals surface area (Å²) in [5, 5.41) is 9.09. The van der Waals surface area contributed by atoms with Crippen molar-refractivity contribution < 1.29 is 9.90 Å². The molecule has 0 aromatic rings. The van der Waals surface area contributed by atoms with Gasteiger partial charge in [0.1, 0.15) is 0 Å². The summed E-state index contributed by atoms with van der Waals surface area (Å²) in [6.07, 6.45) is 1.97. The van der Waals surface area contributed by atoms with Crippen molar-refractivity contribution in [2.24, 2.45) is 11.7 Å². The average molecular weight is 243 g/mol. The van der Waals surface area contributed by atoms with Gasteiger partial charge in [0.15, 0.2) is 0 Å². The molecule has 3 N–H and O–H groups in total. The lowest BCUT2D eigenvalue weighted by molar-refractivity contribution is -0.138. The number of rotatable bonds is 5. The number of aliphatic hydroxyl groups excluding tert-OH is 1. The maximum absolute atomic E-state index is 12.2. The Morgan fingerprint density at radius 2 is 2.12 bits per heavy atom. The number of hydrogen-bond donors (Lipinski definition) is 2. The Bertz CT molecular complexity index is 240. The molecule has 1 aliphatic rings. The molecule has 0 aromatic carbocycles. The molecule has 100 valence electrons. The van der Waals surface area contributed by atoms with Crippen molar-refractivity contribution >= 4 is 5.91 Å². The van der Waals surface area contributed by atoms with Crippen molar-refractivity contribution in [2.45, 2.75) is 25.8 Å². The predicted octanol–water partition coefficient (Wildman–Crippen LogP) is -0.504. The minimum Gasteiger partial charge on any atom is -0.395 e. The third-order valence-electron chi connectivity index (χ3n) is 3.53. The molecule has 0 spiro atoms. The Labute approximate surface area is 104 Å². The van der Waals surface area contributed by atoms with Crippen molar-refractivity contribution in [3.63, 3.8) is 0 Å². The van der Waals surface area contributed by atoms with E-state index >= 15 is 0 Å². The molecule has 1 aliphatic heterocycles. The second-order valence-electron chi connectivity index (χ2n) is 4.93. The summed E-state index contributed by atoms with van der Waals surface area (Å²) in [5.74, 6) is -0.0719. The van der Waals surface area contributed by atoms with Gasteiger partial charge in [-0.3, -0.25) is 4.79 Å². The van der Waals surface area contributed by atoms with Crippen LogP contribution in [0.5, 0.6) is 0 Å². The first-order valence-corrected chi connectivity index (χ1v) is 6.40. The van der Waals surface area contributed by atoms with Crippen LogP contribution in [0.4, 0.5) is 0 Å². The highest BCUT2D eigenvalue weighted by Crippen LogP contribution is 2.17. The van der Waals surface area contributed by atoms with Crippen LogP contribution in [-0.4, -0.2) is 66.7 Å². The normalized spacial score (nSPS) is 20.2. The fraction of sp³-hybridized carbons (Fsp3) is 0.917. The lowest BCUT2D eigenvalue weighted by Gasteiger charge is -2.38. The van der Waals surface area contributed by atoms with E-state index in [4.69, 9.17) is 10.8 Å². The molecule has 0 radical (unpaired) electrons. The highest BCUT2D eigenvalue weighted by atomic mass is 16.3. The van der Waals surface area contributed by atoms with E-state index in [2.05, 4.69) is 11.9 Å². The summed E-state index contributed by atoms with van der Waals surface area (Å²) < 4.78 is 0. The molecular formula is C12H25N3O2. The molecule has 5 heteroatoms. The van der Waals surface area contributed by atoms with Crippen molar-refractivity contribution in [1.29, 1.82) is 0 Å². The van der Waals surface area contributed by atoms with Gasteiger partial charge >= 0.3 is 0 Å². The first-order valence-electron chi connectivity index (χ1n) is 6.40. The average Bonchev–Trinajstić information content (AvgIpc) is 2.35. The topological polar surface area (TPSA) is 69.8 Å². The van der Waals surface area contributed by atoms with E-state index in [0.717, 1.165) is 25.9 Å². The molecule has 1 unspecified atom stereocenters. The van der Waals surface area contributed by atoms with Gasteiger partial charge in [0.25, 0.3) is 0 Å². The number of carbonyl (C=O) groups is 1. The lowest BCUT2D eigenvalue weighted by Crippen LogP contribution is -2.50. The van der Waals surface area contributed by atoms with Gasteiger partial charge in [0.2, 0.25) is 5.91 Å². The van der Waals surface area contributed by atoms with Crippen LogP contribution in [0.3, 0.4) is 0 Å². The van der Waals surface area contributed by atoms with E-state index in [9.17, 15) is 4.79 Å². The third kappa shape index (κ3) is 3.94. The van der Waals surface area contributed by atoms with Gasteiger partial charge in [-0.2, -0.15) is 0 Å². The monoisotopic (exact) mass is 243 g/mol. The Morgan fingerprint density at radius 3 is 2.59 bits per heavy atom. The zero-order valence-corrected chi connectivity index (χ0v) is 10.9. The second-order valence-corrected chi connectivity index (χ2v) is 4.93. The first kappa shape index (κ1) is 14.4. The molecule has 1 fully saturated rings. The van der Waals surface area contributed by atoms with E-state index in [1.807, 2.05) is 11.8 Å². The molecule has 17 heavy (non-hydrogen) atoms. The molecule has 0 aromatic heterocycles. The van der Waals surface area contributed by atoms with Crippen LogP contribution in [0.1, 0.15) is 19.8 Å². The molecule has 1 saturated heterocycles. The Kier molecular flexibility index (Phi) is 5.88. The van der Waals surface area contributed by atoms with E-state index in [-0.39, 0.29) is 24.5 Å². The Balaban J connectivity index is 2.61. The van der Waals surface area contributed by atoms with Crippen molar-refractivity contribution in [1.82, 2.24) is 9.80 Å². The molecule has 1 heterocycles. The van der Waals surface area contributed by atoms with E-state index < -0.39 is 0 Å². The number of hydrogen-bond acceptors (Lipinski definition) is 4. The first-order chi connectivity index (χ1) is 8.10. The summed E-state index contributed by atoms with van der Waals surface area (Å²) in [6, 6.07) is 0.264. The smallest absolute Gasteiger partial charge is 0.227 e. The number of nitrogens with two attached hydrogens (primary N) is 1. The van der Waals surface area contributed by atoms with Crippen molar-refractivity contribution in [2.75, 3.05) is 39.8 Å². The van der Waals surface area contributed by atoms with Crippen LogP contribution in [-0.2, 0) is 4.79 Å². The van der Waals surface area contributed by atoms with E-state index in [1.54, 1.807) is 0 Å². The molecule has 1 amide bonds. The van der Waals surface area contributed by atoms with Crippen LogP contribution in [0, 0.1) is 5.92 Å². The number of likely N-dealkylation sites (tertiary alicyclic amines) is 1. The fourth-order valence-electron chi connectivity index (χ4n) is 2.27. The van der Waals surface area contributed by atoms with Gasteiger partial charge in [0, 0.05) is 25.0 Å². The fourth-order valence-corrected chi connectivity index (χ4v) is 2.27. The molecule has 1 atom stereocenters. The van der Waals surface area contributed by atoms with Crippen LogP contribution >= 0.6 is 0 Å². The predicted molar refractivity (Wildman–Crippen MR) is 67.5 cm³/mol. The number of amides is 1. The molecule has 0 bridgehead atoms. The largest absolute Gasteiger partial charge is 0.395 e. The van der Waals surface area contributed by atoms with Gasteiger partial charge in [0.05, 0.1) is 6.61 Å². The highest BCUT2D eigenvalue weighted by Gasteiger charge is 2.28. The number of aliphatic hydroxyl groups is 1. The highest BCUT2D eigenvalue weighted by molar-refractivity contribution is 5.79. The summed E-state index contributed by atoms with van der Waals surface area (Å²) in [5.41, 5.74) is 5.54. The maximum atomic E-state index is 12.2. The Morgan fingerprint density at radius 1 is 1.53 bits per heavy atom. The van der Waals surface area contributed by atoms with Crippen LogP contribution in [0.2, 0.25) is 0 Å². The molecule has 5 nitrogen and oxygen atoms in total. The minimum absolute atomic E-state index is 0.0232. The summed E-state index contributed by atoms with van der Waals surface area (Å²) >= 11 is 0. The van der Waals surface area contributed by atoms with Crippen LogP contribution < -0.4 is 5.73 Å².